The van der Waals surface area contributed by atoms with E-state index in [1.807, 2.05) is 0 Å². The van der Waals surface area contributed by atoms with Crippen LogP contribution in [0.3, 0.4) is 0 Å². The van der Waals surface area contributed by atoms with Gasteiger partial charge in [-0.05, 0) is 32.4 Å². The molecule has 0 bridgehead atoms. The molecule has 1 heterocycles. The van der Waals surface area contributed by atoms with Crippen molar-refractivity contribution < 1.29 is 0 Å². The van der Waals surface area contributed by atoms with E-state index < -0.39 is 0 Å². The maximum absolute atomic E-state index is 3.58. The summed E-state index contributed by atoms with van der Waals surface area (Å²) in [7, 11) is 0. The van der Waals surface area contributed by atoms with Gasteiger partial charge in [0.25, 0.3) is 0 Å². The normalized spacial score (nSPS) is 20.0. The van der Waals surface area contributed by atoms with E-state index in [0.29, 0.717) is 6.98 Å². The highest BCUT2D eigenvalue weighted by atomic mass is 15.1. The van der Waals surface area contributed by atoms with E-state index in [9.17, 15) is 0 Å². The Morgan fingerprint density at radius 3 is 2.92 bits per heavy atom. The molecule has 0 amide bonds. The Morgan fingerprint density at radius 2 is 2.25 bits per heavy atom. The van der Waals surface area contributed by atoms with Crippen molar-refractivity contribution in [3.63, 3.8) is 0 Å². The molecule has 12 heavy (non-hydrogen) atoms. The van der Waals surface area contributed by atoms with Gasteiger partial charge >= 0.3 is 6.98 Å². The Morgan fingerprint density at radius 1 is 1.42 bits per heavy atom. The van der Waals surface area contributed by atoms with Gasteiger partial charge < -0.3 is 10.0 Å². The molecular formula is C9H21BN2. The molecule has 0 saturated carbocycles. The Bertz CT molecular complexity index is 119. The molecule has 0 aromatic carbocycles. The van der Waals surface area contributed by atoms with Crippen molar-refractivity contribution in [2.75, 3.05) is 19.6 Å². The second-order valence-electron chi connectivity index (χ2n) is 3.59. The predicted octanol–water partition coefficient (Wildman–Crippen LogP) is 1.59. The summed E-state index contributed by atoms with van der Waals surface area (Å²) in [5.41, 5.74) is 0. The minimum absolute atomic E-state index is 0.670. The van der Waals surface area contributed by atoms with Gasteiger partial charge in [-0.15, -0.1) is 0 Å². The number of nitrogens with zero attached hydrogens (tertiary/aromatic N) is 1. The standard InChI is InChI=1S/C9H21BN2/c1-3-5-7-10-11-8-6-9-12(10)4-2/h11H,3-9H2,1-2H3. The first-order valence-electron chi connectivity index (χ1n) is 5.36. The van der Waals surface area contributed by atoms with E-state index in [1.54, 1.807) is 0 Å². The van der Waals surface area contributed by atoms with Crippen LogP contribution in [-0.2, 0) is 0 Å². The highest BCUT2D eigenvalue weighted by Crippen LogP contribution is 2.07. The number of hydrogen-bond acceptors (Lipinski definition) is 2. The highest BCUT2D eigenvalue weighted by Gasteiger charge is 2.23. The lowest BCUT2D eigenvalue weighted by Gasteiger charge is -2.32. The summed E-state index contributed by atoms with van der Waals surface area (Å²) >= 11 is 0. The molecule has 0 spiro atoms. The van der Waals surface area contributed by atoms with Crippen molar-refractivity contribution in [3.05, 3.63) is 0 Å². The summed E-state index contributed by atoms with van der Waals surface area (Å²) in [5, 5.41) is 3.58. The molecule has 1 aliphatic rings. The highest BCUT2D eigenvalue weighted by molar-refractivity contribution is 6.53. The molecule has 0 aliphatic carbocycles. The van der Waals surface area contributed by atoms with E-state index in [1.165, 1.54) is 45.2 Å². The van der Waals surface area contributed by atoms with Crippen LogP contribution < -0.4 is 5.23 Å². The third kappa shape index (κ3) is 2.79. The summed E-state index contributed by atoms with van der Waals surface area (Å²) in [4.78, 5) is 2.55. The van der Waals surface area contributed by atoms with Crippen molar-refractivity contribution in [2.24, 2.45) is 0 Å². The molecule has 1 fully saturated rings. The number of rotatable bonds is 4. The smallest absolute Gasteiger partial charge is 0.308 e. The molecule has 0 unspecified atom stereocenters. The molecule has 1 rings (SSSR count). The van der Waals surface area contributed by atoms with Crippen LogP contribution in [0.4, 0.5) is 0 Å². The van der Waals surface area contributed by atoms with Crippen LogP contribution in [0.25, 0.3) is 0 Å². The first-order valence-corrected chi connectivity index (χ1v) is 5.36. The van der Waals surface area contributed by atoms with Crippen LogP contribution in [0.2, 0.25) is 6.32 Å². The zero-order chi connectivity index (χ0) is 8.81. The van der Waals surface area contributed by atoms with Crippen LogP contribution >= 0.6 is 0 Å². The summed E-state index contributed by atoms with van der Waals surface area (Å²) in [6, 6.07) is 0. The fraction of sp³-hybridized carbons (Fsp3) is 1.00. The second kappa shape index (κ2) is 5.60. The third-order valence-corrected chi connectivity index (χ3v) is 2.68. The molecule has 0 aromatic heterocycles. The molecule has 2 nitrogen and oxygen atoms in total. The molecule has 0 atom stereocenters. The van der Waals surface area contributed by atoms with E-state index in [0.717, 1.165) is 0 Å². The molecule has 70 valence electrons. The van der Waals surface area contributed by atoms with Gasteiger partial charge in [0.15, 0.2) is 0 Å². The molecule has 1 aliphatic heterocycles. The van der Waals surface area contributed by atoms with Crippen molar-refractivity contribution >= 4 is 6.98 Å². The SMILES string of the molecule is CCCCB1NCCCN1CC. The molecule has 3 heteroatoms. The summed E-state index contributed by atoms with van der Waals surface area (Å²) in [5.74, 6) is 0. The molecule has 0 aromatic rings. The minimum Gasteiger partial charge on any atom is -0.342 e. The van der Waals surface area contributed by atoms with Gasteiger partial charge in [0, 0.05) is 0 Å². The fourth-order valence-electron chi connectivity index (χ4n) is 1.90. The van der Waals surface area contributed by atoms with Crippen LogP contribution in [0.15, 0.2) is 0 Å². The van der Waals surface area contributed by atoms with E-state index in [-0.39, 0.29) is 0 Å². The second-order valence-corrected chi connectivity index (χ2v) is 3.59. The molecule has 1 N–H and O–H groups in total. The number of hydrogen-bond donors (Lipinski definition) is 1. The van der Waals surface area contributed by atoms with Crippen molar-refractivity contribution in [2.45, 2.75) is 39.4 Å². The number of nitrogens with one attached hydrogen (secondary N) is 1. The van der Waals surface area contributed by atoms with Crippen LogP contribution in [0.5, 0.6) is 0 Å². The van der Waals surface area contributed by atoms with Gasteiger partial charge in [-0.2, -0.15) is 0 Å². The third-order valence-electron chi connectivity index (χ3n) is 2.68. The lowest BCUT2D eigenvalue weighted by atomic mass is 9.67. The lowest BCUT2D eigenvalue weighted by Crippen LogP contribution is -2.55. The Hall–Kier alpha value is -0.0151. The predicted molar refractivity (Wildman–Crippen MR) is 55.3 cm³/mol. The van der Waals surface area contributed by atoms with Gasteiger partial charge in [-0.3, -0.25) is 0 Å². The average Bonchev–Trinajstić information content (AvgIpc) is 2.15. The maximum Gasteiger partial charge on any atom is 0.308 e. The quantitative estimate of drug-likeness (QED) is 0.641. The van der Waals surface area contributed by atoms with E-state index in [2.05, 4.69) is 23.9 Å². The summed E-state index contributed by atoms with van der Waals surface area (Å²) in [6.07, 6.45) is 5.31. The largest absolute Gasteiger partial charge is 0.342 e. The Kier molecular flexibility index (Phi) is 4.70. The van der Waals surface area contributed by atoms with Gasteiger partial charge in [0.2, 0.25) is 0 Å². The first-order chi connectivity index (χ1) is 5.88. The molecule has 0 radical (unpaired) electrons. The van der Waals surface area contributed by atoms with Gasteiger partial charge in [0.05, 0.1) is 0 Å². The molecular weight excluding hydrogens is 147 g/mol. The van der Waals surface area contributed by atoms with Crippen LogP contribution in [0, 0.1) is 0 Å². The summed E-state index contributed by atoms with van der Waals surface area (Å²) < 4.78 is 0. The van der Waals surface area contributed by atoms with Crippen molar-refractivity contribution in [3.8, 4) is 0 Å². The number of unbranched alkanes of at least 4 members (excludes halogenated alkanes) is 1. The monoisotopic (exact) mass is 168 g/mol. The van der Waals surface area contributed by atoms with Gasteiger partial charge in [0.1, 0.15) is 0 Å². The first kappa shape index (κ1) is 10.1. The minimum atomic E-state index is 0.670. The zero-order valence-corrected chi connectivity index (χ0v) is 8.47. The average molecular weight is 168 g/mol. The summed E-state index contributed by atoms with van der Waals surface area (Å²) in [6.45, 7) is 8.89. The van der Waals surface area contributed by atoms with Crippen molar-refractivity contribution in [1.29, 1.82) is 0 Å². The topological polar surface area (TPSA) is 15.3 Å². The molecule has 1 saturated heterocycles. The zero-order valence-electron chi connectivity index (χ0n) is 8.47. The van der Waals surface area contributed by atoms with Crippen molar-refractivity contribution in [1.82, 2.24) is 10.0 Å². The van der Waals surface area contributed by atoms with Gasteiger partial charge in [-0.1, -0.05) is 26.7 Å². The van der Waals surface area contributed by atoms with Crippen LogP contribution in [-0.4, -0.2) is 31.4 Å². The Labute approximate surface area is 76.8 Å². The lowest BCUT2D eigenvalue weighted by molar-refractivity contribution is 0.401. The van der Waals surface area contributed by atoms with Gasteiger partial charge in [-0.25, -0.2) is 0 Å². The van der Waals surface area contributed by atoms with E-state index >= 15 is 0 Å². The van der Waals surface area contributed by atoms with Crippen LogP contribution in [0.1, 0.15) is 33.1 Å². The maximum atomic E-state index is 3.58. The fourth-order valence-corrected chi connectivity index (χ4v) is 1.90. The Balaban J connectivity index is 2.26. The van der Waals surface area contributed by atoms with E-state index in [4.69, 9.17) is 0 Å².